The molecular formula is C10H11NO2. The minimum Gasteiger partial charge on any atom is -0.477 e. The highest BCUT2D eigenvalue weighted by Gasteiger charge is 1.99. The summed E-state index contributed by atoms with van der Waals surface area (Å²) >= 11 is 0. The number of hydrogen-bond donors (Lipinski definition) is 2. The quantitative estimate of drug-likeness (QED) is 0.671. The lowest BCUT2D eigenvalue weighted by Gasteiger charge is -1.96. The van der Waals surface area contributed by atoms with Gasteiger partial charge in [0, 0.05) is 0 Å². The van der Waals surface area contributed by atoms with Gasteiger partial charge in [0.25, 0.3) is 0 Å². The SMILES string of the molecule is Cc1ccc(/C=C(/N)C(=O)O)cc1. The Bertz CT molecular complexity index is 338. The van der Waals surface area contributed by atoms with Crippen LogP contribution in [0.2, 0.25) is 0 Å². The first-order valence-electron chi connectivity index (χ1n) is 3.87. The smallest absolute Gasteiger partial charge is 0.351 e. The molecule has 0 aliphatic carbocycles. The van der Waals surface area contributed by atoms with Crippen LogP contribution >= 0.6 is 0 Å². The van der Waals surface area contributed by atoms with Gasteiger partial charge in [-0.15, -0.1) is 0 Å². The predicted octanol–water partition coefficient (Wildman–Crippen LogP) is 1.38. The lowest BCUT2D eigenvalue weighted by molar-refractivity contribution is -0.132. The van der Waals surface area contributed by atoms with Crippen molar-refractivity contribution in [3.63, 3.8) is 0 Å². The second-order valence-corrected chi connectivity index (χ2v) is 2.82. The number of nitrogens with two attached hydrogens (primary N) is 1. The van der Waals surface area contributed by atoms with E-state index in [1.54, 1.807) is 0 Å². The van der Waals surface area contributed by atoms with Crippen LogP contribution in [0.25, 0.3) is 6.08 Å². The number of aryl methyl sites for hydroxylation is 1. The van der Waals surface area contributed by atoms with Gasteiger partial charge < -0.3 is 10.8 Å². The van der Waals surface area contributed by atoms with Crippen LogP contribution in [0.5, 0.6) is 0 Å². The summed E-state index contributed by atoms with van der Waals surface area (Å²) in [5.41, 5.74) is 7.03. The van der Waals surface area contributed by atoms with Crippen molar-refractivity contribution in [2.75, 3.05) is 0 Å². The molecule has 0 saturated heterocycles. The van der Waals surface area contributed by atoms with Crippen LogP contribution in [0.3, 0.4) is 0 Å². The summed E-state index contributed by atoms with van der Waals surface area (Å²) in [6, 6.07) is 7.46. The van der Waals surface area contributed by atoms with Crippen molar-refractivity contribution in [2.45, 2.75) is 6.92 Å². The Labute approximate surface area is 76.5 Å². The van der Waals surface area contributed by atoms with E-state index in [9.17, 15) is 4.79 Å². The molecule has 0 radical (unpaired) electrons. The zero-order chi connectivity index (χ0) is 9.84. The van der Waals surface area contributed by atoms with Crippen molar-refractivity contribution in [3.8, 4) is 0 Å². The van der Waals surface area contributed by atoms with Gasteiger partial charge in [0.2, 0.25) is 0 Å². The topological polar surface area (TPSA) is 63.3 Å². The number of aliphatic carboxylic acids is 1. The fourth-order valence-electron chi connectivity index (χ4n) is 0.904. The molecule has 0 aromatic heterocycles. The monoisotopic (exact) mass is 177 g/mol. The summed E-state index contributed by atoms with van der Waals surface area (Å²) in [4.78, 5) is 10.4. The molecular weight excluding hydrogens is 166 g/mol. The van der Waals surface area contributed by atoms with Gasteiger partial charge in [-0.25, -0.2) is 4.79 Å². The van der Waals surface area contributed by atoms with E-state index in [0.29, 0.717) is 0 Å². The van der Waals surface area contributed by atoms with Crippen LogP contribution in [0.15, 0.2) is 30.0 Å². The first-order valence-corrected chi connectivity index (χ1v) is 3.87. The van der Waals surface area contributed by atoms with Crippen molar-refractivity contribution >= 4 is 12.0 Å². The highest BCUT2D eigenvalue weighted by Crippen LogP contribution is 2.06. The Kier molecular flexibility index (Phi) is 2.69. The van der Waals surface area contributed by atoms with Gasteiger partial charge >= 0.3 is 5.97 Å². The molecule has 0 atom stereocenters. The number of benzene rings is 1. The Hall–Kier alpha value is -1.77. The summed E-state index contributed by atoms with van der Waals surface area (Å²) < 4.78 is 0. The number of carboxylic acid groups (broad SMARTS) is 1. The van der Waals surface area contributed by atoms with E-state index in [4.69, 9.17) is 10.8 Å². The highest BCUT2D eigenvalue weighted by atomic mass is 16.4. The molecule has 0 saturated carbocycles. The summed E-state index contributed by atoms with van der Waals surface area (Å²) in [6.07, 6.45) is 1.43. The van der Waals surface area contributed by atoms with Gasteiger partial charge in [-0.2, -0.15) is 0 Å². The lowest BCUT2D eigenvalue weighted by atomic mass is 10.1. The molecule has 0 aliphatic rings. The predicted molar refractivity (Wildman–Crippen MR) is 51.0 cm³/mol. The van der Waals surface area contributed by atoms with E-state index in [0.717, 1.165) is 11.1 Å². The summed E-state index contributed by atoms with van der Waals surface area (Å²) in [6.45, 7) is 1.97. The molecule has 3 heteroatoms. The number of carboxylic acids is 1. The van der Waals surface area contributed by atoms with Crippen LogP contribution < -0.4 is 5.73 Å². The molecule has 0 amide bonds. The van der Waals surface area contributed by atoms with Gasteiger partial charge in [-0.05, 0) is 18.6 Å². The molecule has 1 rings (SSSR count). The molecule has 1 aromatic rings. The Balaban J connectivity index is 2.92. The molecule has 3 N–H and O–H groups in total. The Morgan fingerprint density at radius 1 is 1.38 bits per heavy atom. The van der Waals surface area contributed by atoms with Crippen molar-refractivity contribution in [1.82, 2.24) is 0 Å². The van der Waals surface area contributed by atoms with Gasteiger partial charge in [0.1, 0.15) is 5.70 Å². The van der Waals surface area contributed by atoms with E-state index >= 15 is 0 Å². The fraction of sp³-hybridized carbons (Fsp3) is 0.100. The Morgan fingerprint density at radius 3 is 2.38 bits per heavy atom. The molecule has 0 spiro atoms. The maximum absolute atomic E-state index is 10.4. The zero-order valence-electron chi connectivity index (χ0n) is 7.32. The van der Waals surface area contributed by atoms with Crippen LogP contribution in [0, 0.1) is 6.92 Å². The molecule has 68 valence electrons. The van der Waals surface area contributed by atoms with Gasteiger partial charge in [0.15, 0.2) is 0 Å². The fourth-order valence-corrected chi connectivity index (χ4v) is 0.904. The third-order valence-corrected chi connectivity index (χ3v) is 1.65. The number of carbonyl (C=O) groups is 1. The largest absolute Gasteiger partial charge is 0.477 e. The summed E-state index contributed by atoms with van der Waals surface area (Å²) in [5, 5.41) is 8.50. The second-order valence-electron chi connectivity index (χ2n) is 2.82. The van der Waals surface area contributed by atoms with Crippen LogP contribution in [0.4, 0.5) is 0 Å². The maximum atomic E-state index is 10.4. The number of hydrogen-bond acceptors (Lipinski definition) is 2. The molecule has 0 unspecified atom stereocenters. The number of rotatable bonds is 2. The first-order chi connectivity index (χ1) is 6.09. The van der Waals surface area contributed by atoms with Gasteiger partial charge in [0.05, 0.1) is 0 Å². The van der Waals surface area contributed by atoms with Crippen molar-refractivity contribution < 1.29 is 9.90 Å². The van der Waals surface area contributed by atoms with Crippen molar-refractivity contribution in [2.24, 2.45) is 5.73 Å². The second kappa shape index (κ2) is 3.76. The normalized spacial score (nSPS) is 11.3. The first kappa shape index (κ1) is 9.32. The highest BCUT2D eigenvalue weighted by molar-refractivity contribution is 5.90. The zero-order valence-corrected chi connectivity index (χ0v) is 7.32. The van der Waals surface area contributed by atoms with E-state index < -0.39 is 5.97 Å². The van der Waals surface area contributed by atoms with Crippen LogP contribution in [0.1, 0.15) is 11.1 Å². The van der Waals surface area contributed by atoms with Crippen molar-refractivity contribution in [3.05, 3.63) is 41.1 Å². The van der Waals surface area contributed by atoms with E-state index in [2.05, 4.69) is 0 Å². The van der Waals surface area contributed by atoms with Gasteiger partial charge in [-0.1, -0.05) is 29.8 Å². The third-order valence-electron chi connectivity index (χ3n) is 1.65. The molecule has 0 heterocycles. The average molecular weight is 177 g/mol. The molecule has 1 aromatic carbocycles. The van der Waals surface area contributed by atoms with E-state index in [1.807, 2.05) is 31.2 Å². The molecule has 0 aliphatic heterocycles. The minimum absolute atomic E-state index is 0.149. The molecule has 0 bridgehead atoms. The van der Waals surface area contributed by atoms with Crippen LogP contribution in [-0.4, -0.2) is 11.1 Å². The maximum Gasteiger partial charge on any atom is 0.351 e. The van der Waals surface area contributed by atoms with Crippen LogP contribution in [-0.2, 0) is 4.79 Å². The standard InChI is InChI=1S/C10H11NO2/c1-7-2-4-8(5-3-7)6-9(11)10(12)13/h2-6H,11H2,1H3,(H,12,13)/b9-6+. The van der Waals surface area contributed by atoms with Gasteiger partial charge in [-0.3, -0.25) is 0 Å². The van der Waals surface area contributed by atoms with E-state index in [-0.39, 0.29) is 5.70 Å². The molecule has 13 heavy (non-hydrogen) atoms. The summed E-state index contributed by atoms with van der Waals surface area (Å²) in [7, 11) is 0. The molecule has 0 fully saturated rings. The van der Waals surface area contributed by atoms with E-state index in [1.165, 1.54) is 6.08 Å². The third kappa shape index (κ3) is 2.63. The molecule has 3 nitrogen and oxygen atoms in total. The summed E-state index contributed by atoms with van der Waals surface area (Å²) in [5.74, 6) is -1.10. The Morgan fingerprint density at radius 2 is 1.92 bits per heavy atom. The minimum atomic E-state index is -1.10. The average Bonchev–Trinajstić information content (AvgIpc) is 2.08. The lowest BCUT2D eigenvalue weighted by Crippen LogP contribution is -2.09. The van der Waals surface area contributed by atoms with Crippen molar-refractivity contribution in [1.29, 1.82) is 0 Å².